The van der Waals surface area contributed by atoms with E-state index in [1.807, 2.05) is 0 Å². The van der Waals surface area contributed by atoms with Gasteiger partial charge in [-0.15, -0.1) is 0 Å². The van der Waals surface area contributed by atoms with Gasteiger partial charge < -0.3 is 40.7 Å². The van der Waals surface area contributed by atoms with E-state index >= 15 is 0 Å². The second kappa shape index (κ2) is 20.7. The molecule has 3 nitrogen and oxygen atoms in total. The first-order valence-electron chi connectivity index (χ1n) is 14.7. The van der Waals surface area contributed by atoms with Crippen LogP contribution >= 0.6 is 15.8 Å². The summed E-state index contributed by atoms with van der Waals surface area (Å²) in [5, 5.41) is 26.5. The van der Waals surface area contributed by atoms with E-state index in [4.69, 9.17) is 0 Å². The van der Waals surface area contributed by atoms with Crippen LogP contribution in [-0.4, -0.2) is 25.3 Å². The van der Waals surface area contributed by atoms with E-state index in [1.165, 1.54) is 21.2 Å². The van der Waals surface area contributed by atoms with Crippen LogP contribution in [0.15, 0.2) is 121 Å². The van der Waals surface area contributed by atoms with Gasteiger partial charge in [0.1, 0.15) is 0 Å². The maximum atomic E-state index is 10.9. The van der Waals surface area contributed by atoms with Crippen LogP contribution in [0.3, 0.4) is 0 Å². The van der Waals surface area contributed by atoms with Gasteiger partial charge in [0, 0.05) is 0 Å². The minimum atomic E-state index is -6.00. The average Bonchev–Trinajstić information content (AvgIpc) is 3.03. The Hall–Kier alpha value is -3.09. The summed E-state index contributed by atoms with van der Waals surface area (Å²) in [5.41, 5.74) is 0. The summed E-state index contributed by atoms with van der Waals surface area (Å²) in [6.07, 6.45) is 0.794. The van der Waals surface area contributed by atoms with Gasteiger partial charge in [0.2, 0.25) is 0 Å². The number of nitrogens with zero attached hydrogens (tertiary/aromatic N) is 2. The molecule has 0 saturated heterocycles. The number of halogens is 8. The molecule has 0 aliphatic heterocycles. The summed E-state index contributed by atoms with van der Waals surface area (Å²) >= 11 is -2.73. The molecule has 4 rings (SSSR count). The molecule has 4 aromatic carbocycles. The quantitative estimate of drug-likeness (QED) is 0.0982. The summed E-state index contributed by atoms with van der Waals surface area (Å²) in [5.74, 6) is 0. The van der Waals surface area contributed by atoms with Gasteiger partial charge in [-0.05, 0) is 0 Å². The fraction of sp³-hybridized carbons (Fsp3) is 0.235. The Morgan fingerprint density at radius 1 is 0.580 bits per heavy atom. The van der Waals surface area contributed by atoms with E-state index in [-0.39, 0.29) is 14.4 Å². The van der Waals surface area contributed by atoms with E-state index in [0.29, 0.717) is 4.89 Å². The maximum Gasteiger partial charge on any atom is 0.673 e. The first-order chi connectivity index (χ1) is 22.9. The molecule has 0 spiro atoms. The van der Waals surface area contributed by atoms with Gasteiger partial charge in [-0.1, -0.05) is 0 Å². The first kappa shape index (κ1) is 44.9. The van der Waals surface area contributed by atoms with Crippen LogP contribution < -0.4 is 27.4 Å². The SMILES string of the molecule is C[C](C)(C)[Pd+2]([CH2]C#N)([CH2]P(c1ccccc1)c1ccccc1)[CH](C#N)CP(c1ccccc1)c1ccccc1.F[B-](F)(F)F.F[B-](F)(F)F.N. The van der Waals surface area contributed by atoms with Gasteiger partial charge in [0.15, 0.2) is 0 Å². The summed E-state index contributed by atoms with van der Waals surface area (Å²) in [6.45, 7) is 6.88. The van der Waals surface area contributed by atoms with Crippen molar-refractivity contribution in [3.63, 3.8) is 0 Å². The van der Waals surface area contributed by atoms with Gasteiger partial charge in [-0.25, -0.2) is 0 Å². The van der Waals surface area contributed by atoms with Crippen molar-refractivity contribution in [2.24, 2.45) is 0 Å². The van der Waals surface area contributed by atoms with Crippen LogP contribution in [-0.2, 0) is 15.5 Å². The molecule has 0 amide bonds. The van der Waals surface area contributed by atoms with Gasteiger partial charge in [0.25, 0.3) is 0 Å². The summed E-state index contributed by atoms with van der Waals surface area (Å²) in [6, 6.07) is 48.4. The zero-order valence-corrected chi connectivity index (χ0v) is 31.1. The number of nitriles is 2. The van der Waals surface area contributed by atoms with Crippen molar-refractivity contribution in [3.8, 4) is 12.1 Å². The first-order valence-corrected chi connectivity index (χ1v) is 21.6. The number of benzene rings is 4. The molecule has 2 unspecified atom stereocenters. The largest absolute Gasteiger partial charge is 0.673 e. The van der Waals surface area contributed by atoms with Gasteiger partial charge in [0.05, 0.1) is 0 Å². The topological polar surface area (TPSA) is 82.6 Å². The van der Waals surface area contributed by atoms with Crippen molar-refractivity contribution in [2.75, 3.05) is 10.8 Å². The summed E-state index contributed by atoms with van der Waals surface area (Å²) in [7, 11) is -13.5. The fourth-order valence-electron chi connectivity index (χ4n) is 4.53. The third-order valence-electron chi connectivity index (χ3n) is 6.63. The second-order valence-electron chi connectivity index (χ2n) is 11.0. The number of hydrogen-bond donors (Lipinski definition) is 1. The van der Waals surface area contributed by atoms with E-state index in [2.05, 4.69) is 154 Å². The van der Waals surface area contributed by atoms with Crippen molar-refractivity contribution in [2.45, 2.75) is 33.9 Å². The van der Waals surface area contributed by atoms with Gasteiger partial charge in [-0.3, -0.25) is 0 Å². The average molecular weight is 832 g/mol. The zero-order chi connectivity index (χ0) is 36.7. The van der Waals surface area contributed by atoms with Crippen LogP contribution in [0.5, 0.6) is 0 Å². The molecule has 0 heterocycles. The molecular weight excluding hydrogens is 792 g/mol. The molecule has 0 aliphatic carbocycles. The van der Waals surface area contributed by atoms with Crippen LogP contribution in [0.25, 0.3) is 0 Å². The minimum absolute atomic E-state index is 0. The van der Waals surface area contributed by atoms with E-state index < -0.39 is 45.9 Å². The molecule has 2 atom stereocenters. The molecule has 0 aliphatic rings. The third-order valence-corrected chi connectivity index (χ3v) is 24.6. The predicted molar refractivity (Wildman–Crippen MR) is 193 cm³/mol. The zero-order valence-electron chi connectivity index (χ0n) is 27.7. The molecule has 0 bridgehead atoms. The normalized spacial score (nSPS) is 13.8. The molecule has 0 fully saturated rings. The molecule has 4 aromatic rings. The molecule has 0 saturated carbocycles. The van der Waals surface area contributed by atoms with Crippen LogP contribution in [0.4, 0.5) is 34.5 Å². The van der Waals surface area contributed by atoms with E-state index in [1.54, 1.807) is 0 Å². The molecular formula is C34H39B2F8N3P2Pd. The monoisotopic (exact) mass is 831 g/mol. The molecule has 50 heavy (non-hydrogen) atoms. The fourth-order valence-corrected chi connectivity index (χ4v) is 23.6. The Morgan fingerprint density at radius 3 is 1.10 bits per heavy atom. The second-order valence-corrected chi connectivity index (χ2v) is 24.4. The summed E-state index contributed by atoms with van der Waals surface area (Å²) < 4.78 is 78.7. The third kappa shape index (κ3) is 15.4. The van der Waals surface area contributed by atoms with Crippen molar-refractivity contribution in [3.05, 3.63) is 121 Å². The Kier molecular flexibility index (Phi) is 18.6. The van der Waals surface area contributed by atoms with Gasteiger partial charge in [-0.2, -0.15) is 0 Å². The van der Waals surface area contributed by atoms with Crippen molar-refractivity contribution < 1.29 is 50.1 Å². The van der Waals surface area contributed by atoms with Crippen LogP contribution in [0.2, 0.25) is 13.2 Å². The molecule has 0 aromatic heterocycles. The van der Waals surface area contributed by atoms with E-state index in [0.717, 1.165) is 10.8 Å². The van der Waals surface area contributed by atoms with E-state index in [9.17, 15) is 45.0 Å². The van der Waals surface area contributed by atoms with Crippen molar-refractivity contribution >= 4 is 51.6 Å². The van der Waals surface area contributed by atoms with Crippen molar-refractivity contribution in [1.29, 1.82) is 10.5 Å². The minimum Gasteiger partial charge on any atom is -0.418 e. The van der Waals surface area contributed by atoms with Crippen LogP contribution in [0, 0.1) is 22.7 Å². The number of rotatable bonds is 10. The smallest absolute Gasteiger partial charge is 0.418 e. The standard InChI is InChI=1S/C15H13NP.C13H12P.C4H9.C2H2N.2BF4.H3N.Pd/c16-12-7-13-17(14-8-3-1-4-9-14)15-10-5-2-6-11-15;1-14(12-8-4-2-5-9-12)13-10-6-3-7-11-13;1-4(2)3;1-2-3;2*2-1(3,4)5;;/h1-11H,13H2;2-11H,1H2;1-3H3;1H2;;;1H3;/q;;;;2*-1;;+2. The number of hydrogen-bond acceptors (Lipinski definition) is 3. The summed E-state index contributed by atoms with van der Waals surface area (Å²) in [4.78, 5) is 0.497. The Balaban J connectivity index is 0.000000999. The van der Waals surface area contributed by atoms with Gasteiger partial charge >= 0.3 is 256 Å². The Labute approximate surface area is 295 Å². The Bertz CT molecular complexity index is 1520. The maximum absolute atomic E-state index is 10.9. The molecule has 3 N–H and O–H groups in total. The molecule has 16 heteroatoms. The van der Waals surface area contributed by atoms with Crippen molar-refractivity contribution in [1.82, 2.24) is 6.15 Å². The van der Waals surface area contributed by atoms with Crippen LogP contribution in [0.1, 0.15) is 20.8 Å². The molecule has 272 valence electrons. The molecule has 0 radical (unpaired) electrons. The predicted octanol–water partition coefficient (Wildman–Crippen LogP) is 10.6. The Morgan fingerprint density at radius 2 is 0.860 bits per heavy atom.